The summed E-state index contributed by atoms with van der Waals surface area (Å²) in [5, 5.41) is 14.5. The third-order valence-electron chi connectivity index (χ3n) is 5.10. The summed E-state index contributed by atoms with van der Waals surface area (Å²) in [7, 11) is 1.61. The van der Waals surface area contributed by atoms with Gasteiger partial charge < -0.3 is 20.1 Å². The number of amides is 1. The smallest absolute Gasteiger partial charge is 0.338 e. The van der Waals surface area contributed by atoms with Crippen molar-refractivity contribution in [1.82, 2.24) is 5.32 Å². The van der Waals surface area contributed by atoms with Crippen LogP contribution in [0.5, 0.6) is 0 Å². The number of para-hydroxylation sites is 1. The van der Waals surface area contributed by atoms with E-state index in [-0.39, 0.29) is 25.0 Å². The van der Waals surface area contributed by atoms with Crippen LogP contribution in [0.3, 0.4) is 0 Å². The number of anilines is 1. The third kappa shape index (κ3) is 10.8. The number of nitrogens with zero attached hydrogens (tertiary/aromatic N) is 1. The SMILES string of the molecule is C=CCOC(=O)c1cccc(COC)c1.Cc1cccc(CC(Nc2ccccc2)C(=O)NCC#N)c1. The van der Waals surface area contributed by atoms with Gasteiger partial charge in [-0.3, -0.25) is 4.79 Å². The van der Waals surface area contributed by atoms with Crippen molar-refractivity contribution >= 4 is 17.6 Å². The highest BCUT2D eigenvalue weighted by atomic mass is 16.5. The highest BCUT2D eigenvalue weighted by Crippen LogP contribution is 2.13. The fourth-order valence-corrected chi connectivity index (χ4v) is 3.44. The maximum Gasteiger partial charge on any atom is 0.338 e. The summed E-state index contributed by atoms with van der Waals surface area (Å²) >= 11 is 0. The van der Waals surface area contributed by atoms with Gasteiger partial charge in [0, 0.05) is 19.2 Å². The number of aryl methyl sites for hydroxylation is 1. The molecule has 1 atom stereocenters. The Kier molecular flexibility index (Phi) is 12.7. The van der Waals surface area contributed by atoms with Crippen LogP contribution in [-0.2, 0) is 27.3 Å². The number of methoxy groups -OCH3 is 1. The van der Waals surface area contributed by atoms with E-state index >= 15 is 0 Å². The molecule has 0 aliphatic rings. The van der Waals surface area contributed by atoms with E-state index in [4.69, 9.17) is 14.7 Å². The molecule has 1 amide bonds. The second-order valence-corrected chi connectivity index (χ2v) is 8.15. The van der Waals surface area contributed by atoms with Crippen LogP contribution in [0.2, 0.25) is 0 Å². The number of carbonyl (C=O) groups excluding carboxylic acids is 2. The second kappa shape index (κ2) is 16.3. The molecule has 0 aromatic heterocycles. The van der Waals surface area contributed by atoms with Gasteiger partial charge in [-0.1, -0.05) is 72.8 Å². The zero-order valence-corrected chi connectivity index (χ0v) is 21.3. The van der Waals surface area contributed by atoms with E-state index in [9.17, 15) is 9.59 Å². The molecular formula is C30H33N3O4. The van der Waals surface area contributed by atoms with Crippen LogP contribution < -0.4 is 10.6 Å². The minimum Gasteiger partial charge on any atom is -0.458 e. The minimum absolute atomic E-state index is 0.0135. The summed E-state index contributed by atoms with van der Waals surface area (Å²) in [4.78, 5) is 23.7. The van der Waals surface area contributed by atoms with Gasteiger partial charge in [-0.25, -0.2) is 4.79 Å². The van der Waals surface area contributed by atoms with Crippen molar-refractivity contribution in [1.29, 1.82) is 5.26 Å². The Morgan fingerprint density at radius 1 is 1.03 bits per heavy atom. The maximum absolute atomic E-state index is 12.3. The zero-order valence-electron chi connectivity index (χ0n) is 21.3. The number of nitrogens with one attached hydrogen (secondary N) is 2. The molecule has 1 unspecified atom stereocenters. The molecule has 0 aliphatic heterocycles. The van der Waals surface area contributed by atoms with E-state index in [1.54, 1.807) is 25.3 Å². The van der Waals surface area contributed by atoms with Crippen molar-refractivity contribution in [2.75, 3.05) is 25.6 Å². The summed E-state index contributed by atoms with van der Waals surface area (Å²) in [5.74, 6) is -0.514. The van der Waals surface area contributed by atoms with Crippen LogP contribution in [0, 0.1) is 18.3 Å². The van der Waals surface area contributed by atoms with Gasteiger partial charge in [0.05, 0.1) is 18.2 Å². The molecule has 2 N–H and O–H groups in total. The number of hydrogen-bond acceptors (Lipinski definition) is 6. The molecule has 0 bridgehead atoms. The topological polar surface area (TPSA) is 100 Å². The van der Waals surface area contributed by atoms with Gasteiger partial charge in [0.15, 0.2) is 0 Å². The predicted molar refractivity (Wildman–Crippen MR) is 145 cm³/mol. The monoisotopic (exact) mass is 499 g/mol. The molecule has 192 valence electrons. The summed E-state index contributed by atoms with van der Waals surface area (Å²) in [6.45, 7) is 6.23. The minimum atomic E-state index is -0.419. The van der Waals surface area contributed by atoms with Gasteiger partial charge in [-0.05, 0) is 42.3 Å². The zero-order chi connectivity index (χ0) is 26.9. The van der Waals surface area contributed by atoms with Crippen molar-refractivity contribution in [2.45, 2.75) is 26.0 Å². The predicted octanol–water partition coefficient (Wildman–Crippen LogP) is 4.83. The first-order valence-electron chi connectivity index (χ1n) is 11.8. The molecule has 0 fully saturated rings. The summed E-state index contributed by atoms with van der Waals surface area (Å²) in [6, 6.07) is 26.4. The number of nitriles is 1. The molecule has 0 heterocycles. The van der Waals surface area contributed by atoms with E-state index in [0.29, 0.717) is 18.6 Å². The average molecular weight is 500 g/mol. The number of esters is 1. The van der Waals surface area contributed by atoms with Gasteiger partial charge in [0.25, 0.3) is 0 Å². The molecule has 37 heavy (non-hydrogen) atoms. The number of hydrogen-bond donors (Lipinski definition) is 2. The summed E-state index contributed by atoms with van der Waals surface area (Å²) in [5.41, 5.74) is 4.61. The molecule has 0 spiro atoms. The van der Waals surface area contributed by atoms with Gasteiger partial charge in [0.1, 0.15) is 19.2 Å². The molecule has 3 aromatic carbocycles. The summed E-state index contributed by atoms with van der Waals surface area (Å²) < 4.78 is 9.89. The normalized spacial score (nSPS) is 10.6. The van der Waals surface area contributed by atoms with Crippen LogP contribution >= 0.6 is 0 Å². The van der Waals surface area contributed by atoms with Gasteiger partial charge in [0.2, 0.25) is 5.91 Å². The first kappa shape index (κ1) is 28.8. The number of ether oxygens (including phenoxy) is 2. The molecule has 0 aliphatic carbocycles. The van der Waals surface area contributed by atoms with Crippen LogP contribution in [0.4, 0.5) is 5.69 Å². The third-order valence-corrected chi connectivity index (χ3v) is 5.10. The van der Waals surface area contributed by atoms with Crippen molar-refractivity contribution in [3.8, 4) is 6.07 Å². The lowest BCUT2D eigenvalue weighted by Gasteiger charge is -2.19. The second-order valence-electron chi connectivity index (χ2n) is 8.15. The van der Waals surface area contributed by atoms with E-state index in [2.05, 4.69) is 23.3 Å². The Hall–Kier alpha value is -4.41. The molecule has 0 saturated heterocycles. The molecule has 7 nitrogen and oxygen atoms in total. The first-order valence-corrected chi connectivity index (χ1v) is 11.8. The van der Waals surface area contributed by atoms with Gasteiger partial charge in [-0.15, -0.1) is 0 Å². The number of benzene rings is 3. The van der Waals surface area contributed by atoms with Crippen molar-refractivity contribution in [3.05, 3.63) is 114 Å². The lowest BCUT2D eigenvalue weighted by Crippen LogP contribution is -2.41. The first-order chi connectivity index (χ1) is 18.0. The van der Waals surface area contributed by atoms with Crippen LogP contribution in [0.15, 0.2) is 91.5 Å². The average Bonchev–Trinajstić information content (AvgIpc) is 2.91. The van der Waals surface area contributed by atoms with Crippen molar-refractivity contribution in [3.63, 3.8) is 0 Å². The van der Waals surface area contributed by atoms with Crippen LogP contribution in [0.25, 0.3) is 0 Å². The Balaban J connectivity index is 0.000000281. The van der Waals surface area contributed by atoms with Crippen molar-refractivity contribution in [2.24, 2.45) is 0 Å². The van der Waals surface area contributed by atoms with E-state index in [0.717, 1.165) is 22.4 Å². The molecule has 0 radical (unpaired) electrons. The number of carbonyl (C=O) groups is 2. The molecule has 7 heteroatoms. The molecule has 3 aromatic rings. The highest BCUT2D eigenvalue weighted by Gasteiger charge is 2.18. The Labute approximate surface area is 218 Å². The summed E-state index contributed by atoms with van der Waals surface area (Å²) in [6.07, 6.45) is 2.10. The fraction of sp³-hybridized carbons (Fsp3) is 0.233. The van der Waals surface area contributed by atoms with E-state index in [1.165, 1.54) is 6.08 Å². The standard InChI is InChI=1S/C18H19N3O.C12H14O3/c1-14-6-5-7-15(12-14)13-17(18(22)20-11-10-19)21-16-8-3-2-4-9-16;1-3-7-15-12(13)11-6-4-5-10(8-11)9-14-2/h2-9,12,17,21H,11,13H2,1H3,(H,20,22);3-6,8H,1,7,9H2,2H3. The van der Waals surface area contributed by atoms with Crippen molar-refractivity contribution < 1.29 is 19.1 Å². The van der Waals surface area contributed by atoms with Gasteiger partial charge in [-0.2, -0.15) is 5.26 Å². The number of rotatable bonds is 11. The maximum atomic E-state index is 12.3. The molecule has 0 saturated carbocycles. The Morgan fingerprint density at radius 2 is 1.76 bits per heavy atom. The van der Waals surface area contributed by atoms with Crippen LogP contribution in [-0.4, -0.2) is 38.2 Å². The lowest BCUT2D eigenvalue weighted by atomic mass is 10.0. The van der Waals surface area contributed by atoms with E-state index < -0.39 is 6.04 Å². The Bertz CT molecular complexity index is 1190. The fourth-order valence-electron chi connectivity index (χ4n) is 3.44. The molecular weight excluding hydrogens is 466 g/mol. The van der Waals surface area contributed by atoms with Crippen LogP contribution in [0.1, 0.15) is 27.0 Å². The largest absolute Gasteiger partial charge is 0.458 e. The lowest BCUT2D eigenvalue weighted by molar-refractivity contribution is -0.121. The van der Waals surface area contributed by atoms with E-state index in [1.807, 2.05) is 67.6 Å². The Morgan fingerprint density at radius 3 is 2.43 bits per heavy atom. The highest BCUT2D eigenvalue weighted by molar-refractivity contribution is 5.89. The quantitative estimate of drug-likeness (QED) is 0.223. The molecule has 3 rings (SSSR count). The van der Waals surface area contributed by atoms with Gasteiger partial charge >= 0.3 is 5.97 Å².